The van der Waals surface area contributed by atoms with Crippen molar-refractivity contribution < 1.29 is 14.3 Å². The highest BCUT2D eigenvalue weighted by Gasteiger charge is 2.39. The van der Waals surface area contributed by atoms with Crippen LogP contribution < -0.4 is 10.2 Å². The van der Waals surface area contributed by atoms with Gasteiger partial charge in [0.25, 0.3) is 11.8 Å². The number of hydrogen-bond acceptors (Lipinski definition) is 6. The number of ether oxygens (including phenoxy) is 1. The van der Waals surface area contributed by atoms with E-state index in [0.717, 1.165) is 16.3 Å². The molecule has 2 heterocycles. The van der Waals surface area contributed by atoms with Crippen molar-refractivity contribution in [2.24, 2.45) is 0 Å². The summed E-state index contributed by atoms with van der Waals surface area (Å²) in [5, 5.41) is 5.07. The average molecular weight is 400 g/mol. The highest BCUT2D eigenvalue weighted by molar-refractivity contribution is 7.11. The Morgan fingerprint density at radius 1 is 1.11 bits per heavy atom. The van der Waals surface area contributed by atoms with Crippen LogP contribution in [0.3, 0.4) is 0 Å². The van der Waals surface area contributed by atoms with Crippen LogP contribution in [-0.4, -0.2) is 50.1 Å². The van der Waals surface area contributed by atoms with Crippen LogP contribution in [0, 0.1) is 0 Å². The van der Waals surface area contributed by atoms with E-state index < -0.39 is 0 Å². The number of rotatable bonds is 8. The van der Waals surface area contributed by atoms with Crippen molar-refractivity contribution in [3.8, 4) is 0 Å². The highest BCUT2D eigenvalue weighted by Crippen LogP contribution is 2.33. The summed E-state index contributed by atoms with van der Waals surface area (Å²) in [5.41, 5.74) is 2.55. The predicted molar refractivity (Wildman–Crippen MR) is 113 cm³/mol. The Morgan fingerprint density at radius 3 is 2.39 bits per heavy atom. The summed E-state index contributed by atoms with van der Waals surface area (Å²) in [7, 11) is 3.94. The molecule has 1 aliphatic heterocycles. The Balaban J connectivity index is 1.87. The average Bonchev–Trinajstić information content (AvgIpc) is 3.25. The van der Waals surface area contributed by atoms with E-state index in [1.54, 1.807) is 0 Å². The number of nitrogens with one attached hydrogen (secondary N) is 1. The number of nitrogens with zero attached hydrogens (tertiary/aromatic N) is 2. The van der Waals surface area contributed by atoms with E-state index in [9.17, 15) is 9.59 Å². The van der Waals surface area contributed by atoms with Crippen LogP contribution in [0.1, 0.15) is 18.7 Å². The van der Waals surface area contributed by atoms with Crippen LogP contribution in [0.15, 0.2) is 47.5 Å². The summed E-state index contributed by atoms with van der Waals surface area (Å²) in [6.07, 6.45) is 0.0466. The second kappa shape index (κ2) is 8.58. The van der Waals surface area contributed by atoms with Crippen molar-refractivity contribution in [1.82, 2.24) is 4.90 Å². The molecule has 2 amide bonds. The lowest BCUT2D eigenvalue weighted by atomic mass is 10.2. The molecule has 0 saturated carbocycles. The second-order valence-electron chi connectivity index (χ2n) is 6.98. The van der Waals surface area contributed by atoms with Gasteiger partial charge in [0.15, 0.2) is 0 Å². The third-order valence-corrected chi connectivity index (χ3v) is 5.24. The zero-order chi connectivity index (χ0) is 20.3. The molecular weight excluding hydrogens is 374 g/mol. The molecule has 1 aromatic carbocycles. The number of carbonyl (C=O) groups is 2. The van der Waals surface area contributed by atoms with Gasteiger partial charge in [0.05, 0.1) is 24.8 Å². The Hall–Kier alpha value is -2.64. The monoisotopic (exact) mass is 399 g/mol. The maximum absolute atomic E-state index is 13.0. The summed E-state index contributed by atoms with van der Waals surface area (Å²) in [5.74, 6) is -0.607. The van der Waals surface area contributed by atoms with E-state index >= 15 is 0 Å². The number of hydrogen-bond donors (Lipinski definition) is 1. The summed E-state index contributed by atoms with van der Waals surface area (Å²) >= 11 is 1.44. The molecule has 3 rings (SSSR count). The first-order valence-electron chi connectivity index (χ1n) is 9.19. The fourth-order valence-corrected chi connectivity index (χ4v) is 3.68. The molecule has 6 nitrogen and oxygen atoms in total. The first-order valence-corrected chi connectivity index (χ1v) is 10.1. The minimum absolute atomic E-state index is 0.0466. The predicted octanol–water partition coefficient (Wildman–Crippen LogP) is 3.43. The maximum Gasteiger partial charge on any atom is 0.278 e. The van der Waals surface area contributed by atoms with Crippen molar-refractivity contribution in [3.63, 3.8) is 0 Å². The molecule has 7 heteroatoms. The summed E-state index contributed by atoms with van der Waals surface area (Å²) < 4.78 is 5.53. The van der Waals surface area contributed by atoms with Gasteiger partial charge in [0, 0.05) is 30.3 Å². The van der Waals surface area contributed by atoms with Crippen LogP contribution >= 0.6 is 11.3 Å². The summed E-state index contributed by atoms with van der Waals surface area (Å²) in [6.45, 7) is 4.40. The fourth-order valence-electron chi connectivity index (χ4n) is 2.91. The second-order valence-corrected chi connectivity index (χ2v) is 7.92. The zero-order valence-electron chi connectivity index (χ0n) is 16.6. The van der Waals surface area contributed by atoms with Crippen molar-refractivity contribution in [1.29, 1.82) is 0 Å². The lowest BCUT2D eigenvalue weighted by Gasteiger charge is -2.16. The third kappa shape index (κ3) is 4.26. The van der Waals surface area contributed by atoms with Crippen molar-refractivity contribution in [3.05, 3.63) is 52.4 Å². The van der Waals surface area contributed by atoms with Gasteiger partial charge in [0.2, 0.25) is 0 Å². The summed E-state index contributed by atoms with van der Waals surface area (Å²) in [6, 6.07) is 11.5. The quantitative estimate of drug-likeness (QED) is 0.689. The van der Waals surface area contributed by atoms with E-state index in [1.807, 2.05) is 74.6 Å². The Labute approximate surface area is 169 Å². The molecule has 28 heavy (non-hydrogen) atoms. The Kier molecular flexibility index (Phi) is 6.16. The summed E-state index contributed by atoms with van der Waals surface area (Å²) in [4.78, 5) is 30.0. The normalized spacial score (nSPS) is 14.4. The van der Waals surface area contributed by atoms with Gasteiger partial charge in [-0.2, -0.15) is 0 Å². The van der Waals surface area contributed by atoms with Gasteiger partial charge in [-0.1, -0.05) is 6.07 Å². The molecule has 148 valence electrons. The standard InChI is InChI=1S/C21H25N3O3S/c1-14(2)27-12-11-24-20(25)18(17-6-5-13-28-17)19(21(24)26)22-15-7-9-16(10-8-15)23(3)4/h5-10,13-14,22H,11-12H2,1-4H3. The first-order chi connectivity index (χ1) is 13.4. The van der Waals surface area contributed by atoms with Crippen LogP contribution in [0.5, 0.6) is 0 Å². The Bertz CT molecular complexity index is 871. The van der Waals surface area contributed by atoms with Crippen LogP contribution in [0.25, 0.3) is 5.57 Å². The van der Waals surface area contributed by atoms with Gasteiger partial charge in [-0.3, -0.25) is 14.5 Å². The number of carbonyl (C=O) groups excluding carboxylic acids is 2. The van der Waals surface area contributed by atoms with E-state index in [4.69, 9.17) is 4.74 Å². The molecule has 0 fully saturated rings. The molecule has 0 spiro atoms. The van der Waals surface area contributed by atoms with Gasteiger partial charge in [0.1, 0.15) is 5.70 Å². The molecule has 0 saturated heterocycles. The molecule has 0 atom stereocenters. The number of amides is 2. The van der Waals surface area contributed by atoms with Crippen molar-refractivity contribution >= 4 is 40.1 Å². The molecule has 1 aliphatic rings. The fraction of sp³-hybridized carbons (Fsp3) is 0.333. The SMILES string of the molecule is CC(C)OCCN1C(=O)C(Nc2ccc(N(C)C)cc2)=C(c2cccs2)C1=O. The zero-order valence-corrected chi connectivity index (χ0v) is 17.4. The van der Waals surface area contributed by atoms with Crippen LogP contribution in [-0.2, 0) is 14.3 Å². The maximum atomic E-state index is 13.0. The van der Waals surface area contributed by atoms with Gasteiger partial charge >= 0.3 is 0 Å². The molecule has 0 bridgehead atoms. The Morgan fingerprint density at radius 2 is 1.82 bits per heavy atom. The van der Waals surface area contributed by atoms with Gasteiger partial charge in [-0.05, 0) is 49.6 Å². The molecule has 0 unspecified atom stereocenters. The van der Waals surface area contributed by atoms with Crippen LogP contribution in [0.4, 0.5) is 11.4 Å². The lowest BCUT2D eigenvalue weighted by molar-refractivity contribution is -0.137. The topological polar surface area (TPSA) is 61.9 Å². The van der Waals surface area contributed by atoms with Gasteiger partial charge < -0.3 is 15.0 Å². The minimum atomic E-state index is -0.322. The smallest absolute Gasteiger partial charge is 0.278 e. The van der Waals surface area contributed by atoms with Gasteiger partial charge in [-0.25, -0.2) is 0 Å². The molecule has 2 aromatic rings. The molecule has 1 N–H and O–H groups in total. The minimum Gasteiger partial charge on any atom is -0.378 e. The molecule has 1 aromatic heterocycles. The lowest BCUT2D eigenvalue weighted by Crippen LogP contribution is -2.35. The van der Waals surface area contributed by atoms with Gasteiger partial charge in [-0.15, -0.1) is 11.3 Å². The van der Waals surface area contributed by atoms with E-state index in [0.29, 0.717) is 17.9 Å². The van der Waals surface area contributed by atoms with Crippen molar-refractivity contribution in [2.75, 3.05) is 37.5 Å². The molecule has 0 aliphatic carbocycles. The van der Waals surface area contributed by atoms with E-state index in [1.165, 1.54) is 16.2 Å². The van der Waals surface area contributed by atoms with E-state index in [2.05, 4.69) is 5.32 Å². The largest absolute Gasteiger partial charge is 0.378 e. The molecule has 0 radical (unpaired) electrons. The van der Waals surface area contributed by atoms with E-state index in [-0.39, 0.29) is 24.5 Å². The third-order valence-electron chi connectivity index (χ3n) is 4.35. The first kappa shape index (κ1) is 20.1. The van der Waals surface area contributed by atoms with Crippen LogP contribution in [0.2, 0.25) is 0 Å². The number of thiophene rings is 1. The molecular formula is C21H25N3O3S. The van der Waals surface area contributed by atoms with Crippen molar-refractivity contribution in [2.45, 2.75) is 20.0 Å². The highest BCUT2D eigenvalue weighted by atomic mass is 32.1. The number of anilines is 2. The number of imide groups is 1. The number of benzene rings is 1.